The minimum Gasteiger partial charge on any atom is -0.313 e. The van der Waals surface area contributed by atoms with E-state index in [2.05, 4.69) is 12.2 Å². The molecule has 0 unspecified atom stereocenters. The van der Waals surface area contributed by atoms with E-state index in [1.54, 1.807) is 18.2 Å². The fourth-order valence-corrected chi connectivity index (χ4v) is 3.95. The molecule has 0 aromatic heterocycles. The van der Waals surface area contributed by atoms with Gasteiger partial charge in [0.05, 0.1) is 22.3 Å². The number of nitrogens with one attached hydrogen (secondary N) is 1. The van der Waals surface area contributed by atoms with Crippen LogP contribution in [0.15, 0.2) is 29.2 Å². The molecule has 0 spiro atoms. The highest BCUT2D eigenvalue weighted by Gasteiger charge is 2.19. The van der Waals surface area contributed by atoms with Crippen LogP contribution < -0.4 is 5.32 Å². The quantitative estimate of drug-likeness (QED) is 0.907. The molecule has 1 aliphatic rings. The lowest BCUT2D eigenvalue weighted by atomic mass is 9.87. The van der Waals surface area contributed by atoms with Crippen LogP contribution in [-0.4, -0.2) is 26.8 Å². The summed E-state index contributed by atoms with van der Waals surface area (Å²) in [5.74, 6) is 0.869. The Morgan fingerprint density at radius 1 is 1.29 bits per heavy atom. The van der Waals surface area contributed by atoms with Gasteiger partial charge in [0.25, 0.3) is 0 Å². The van der Waals surface area contributed by atoms with Gasteiger partial charge in [-0.2, -0.15) is 5.26 Å². The van der Waals surface area contributed by atoms with Crippen molar-refractivity contribution in [1.29, 1.82) is 5.26 Å². The summed E-state index contributed by atoms with van der Waals surface area (Å²) < 4.78 is 24.5. The predicted octanol–water partition coefficient (Wildman–Crippen LogP) is 2.50. The van der Waals surface area contributed by atoms with Crippen LogP contribution in [0.1, 0.15) is 38.2 Å². The standard InChI is InChI=1S/C16H22N2O2S/c1-13-5-7-15(8-6-13)18-9-10-21(19,20)16-4-2-3-14(11-16)12-17/h2-4,11,13,15,18H,5-10H2,1H3. The first-order valence-electron chi connectivity index (χ1n) is 7.47. The van der Waals surface area contributed by atoms with Crippen molar-refractivity contribution in [2.24, 2.45) is 5.92 Å². The Morgan fingerprint density at radius 3 is 2.67 bits per heavy atom. The maximum absolute atomic E-state index is 12.2. The molecule has 2 rings (SSSR count). The van der Waals surface area contributed by atoms with Crippen molar-refractivity contribution in [2.45, 2.75) is 43.5 Å². The number of hydrogen-bond acceptors (Lipinski definition) is 4. The third-order valence-corrected chi connectivity index (χ3v) is 5.86. The second kappa shape index (κ2) is 7.06. The molecule has 0 saturated heterocycles. The van der Waals surface area contributed by atoms with E-state index in [4.69, 9.17) is 5.26 Å². The first kappa shape index (κ1) is 16.0. The van der Waals surface area contributed by atoms with Gasteiger partial charge in [0, 0.05) is 12.6 Å². The first-order valence-corrected chi connectivity index (χ1v) is 9.13. The van der Waals surface area contributed by atoms with Crippen molar-refractivity contribution in [3.8, 4) is 6.07 Å². The van der Waals surface area contributed by atoms with E-state index in [0.29, 0.717) is 18.2 Å². The Morgan fingerprint density at radius 2 is 2.00 bits per heavy atom. The molecule has 1 N–H and O–H groups in total. The summed E-state index contributed by atoms with van der Waals surface area (Å²) in [6.45, 7) is 2.74. The molecule has 4 nitrogen and oxygen atoms in total. The number of benzene rings is 1. The van der Waals surface area contributed by atoms with Gasteiger partial charge in [-0.3, -0.25) is 0 Å². The minimum absolute atomic E-state index is 0.0773. The maximum Gasteiger partial charge on any atom is 0.179 e. The van der Waals surface area contributed by atoms with E-state index >= 15 is 0 Å². The molecule has 0 bridgehead atoms. The van der Waals surface area contributed by atoms with E-state index in [1.807, 2.05) is 6.07 Å². The molecule has 0 amide bonds. The molecule has 114 valence electrons. The largest absolute Gasteiger partial charge is 0.313 e. The Labute approximate surface area is 127 Å². The third-order valence-electron chi connectivity index (χ3n) is 4.14. The normalized spacial score (nSPS) is 22.7. The molecule has 1 aromatic carbocycles. The van der Waals surface area contributed by atoms with Gasteiger partial charge in [0.1, 0.15) is 0 Å². The average Bonchev–Trinajstić information content (AvgIpc) is 2.49. The molecular weight excluding hydrogens is 284 g/mol. The highest BCUT2D eigenvalue weighted by molar-refractivity contribution is 7.91. The molecular formula is C16H22N2O2S. The lowest BCUT2D eigenvalue weighted by Gasteiger charge is -2.27. The molecule has 0 atom stereocenters. The van der Waals surface area contributed by atoms with E-state index < -0.39 is 9.84 Å². The Balaban J connectivity index is 1.88. The fraction of sp³-hybridized carbons (Fsp3) is 0.562. The van der Waals surface area contributed by atoms with Gasteiger partial charge in [-0.15, -0.1) is 0 Å². The van der Waals surface area contributed by atoms with E-state index in [0.717, 1.165) is 18.8 Å². The zero-order chi connectivity index (χ0) is 15.3. The Bertz CT molecular complexity index is 611. The van der Waals surface area contributed by atoms with Crippen molar-refractivity contribution < 1.29 is 8.42 Å². The van der Waals surface area contributed by atoms with E-state index in [9.17, 15) is 8.42 Å². The topological polar surface area (TPSA) is 70.0 Å². The fourth-order valence-electron chi connectivity index (χ4n) is 2.74. The average molecular weight is 306 g/mol. The van der Waals surface area contributed by atoms with Gasteiger partial charge in [-0.05, 0) is 49.8 Å². The van der Waals surface area contributed by atoms with Crippen LogP contribution in [0.5, 0.6) is 0 Å². The summed E-state index contributed by atoms with van der Waals surface area (Å²) in [7, 11) is -3.32. The second-order valence-corrected chi connectivity index (χ2v) is 7.98. The zero-order valence-electron chi connectivity index (χ0n) is 12.4. The smallest absolute Gasteiger partial charge is 0.179 e. The minimum atomic E-state index is -3.32. The second-order valence-electron chi connectivity index (χ2n) is 5.87. The van der Waals surface area contributed by atoms with Crippen molar-refractivity contribution >= 4 is 9.84 Å². The van der Waals surface area contributed by atoms with Crippen molar-refractivity contribution in [3.05, 3.63) is 29.8 Å². The molecule has 21 heavy (non-hydrogen) atoms. The zero-order valence-corrected chi connectivity index (χ0v) is 13.2. The SMILES string of the molecule is CC1CCC(NCCS(=O)(=O)c2cccc(C#N)c2)CC1. The van der Waals surface area contributed by atoms with Gasteiger partial charge >= 0.3 is 0 Å². The highest BCUT2D eigenvalue weighted by Crippen LogP contribution is 2.23. The van der Waals surface area contributed by atoms with Crippen LogP contribution >= 0.6 is 0 Å². The summed E-state index contributed by atoms with van der Waals surface area (Å²) >= 11 is 0. The van der Waals surface area contributed by atoms with Crippen LogP contribution in [0.25, 0.3) is 0 Å². The van der Waals surface area contributed by atoms with Gasteiger partial charge in [0.2, 0.25) is 0 Å². The van der Waals surface area contributed by atoms with E-state index in [1.165, 1.54) is 18.9 Å². The lowest BCUT2D eigenvalue weighted by molar-refractivity contribution is 0.311. The molecule has 1 aliphatic carbocycles. The van der Waals surface area contributed by atoms with Crippen LogP contribution in [0.2, 0.25) is 0 Å². The number of nitriles is 1. The summed E-state index contributed by atoms with van der Waals surface area (Å²) in [5, 5.41) is 12.2. The van der Waals surface area contributed by atoms with Crippen LogP contribution in [0.4, 0.5) is 0 Å². The molecule has 0 radical (unpaired) electrons. The molecule has 0 aliphatic heterocycles. The van der Waals surface area contributed by atoms with Gasteiger partial charge < -0.3 is 5.32 Å². The van der Waals surface area contributed by atoms with Crippen molar-refractivity contribution in [3.63, 3.8) is 0 Å². The van der Waals surface area contributed by atoms with Crippen molar-refractivity contribution in [1.82, 2.24) is 5.32 Å². The number of hydrogen-bond donors (Lipinski definition) is 1. The van der Waals surface area contributed by atoms with E-state index in [-0.39, 0.29) is 10.6 Å². The van der Waals surface area contributed by atoms with Gasteiger partial charge in [0.15, 0.2) is 9.84 Å². The van der Waals surface area contributed by atoms with Gasteiger partial charge in [-0.1, -0.05) is 13.0 Å². The lowest BCUT2D eigenvalue weighted by Crippen LogP contribution is -2.35. The van der Waals surface area contributed by atoms with Gasteiger partial charge in [-0.25, -0.2) is 8.42 Å². The van der Waals surface area contributed by atoms with Crippen LogP contribution in [-0.2, 0) is 9.84 Å². The molecule has 0 heterocycles. The monoisotopic (exact) mass is 306 g/mol. The molecule has 1 saturated carbocycles. The Hall–Kier alpha value is -1.38. The third kappa shape index (κ3) is 4.55. The molecule has 1 aromatic rings. The summed E-state index contributed by atoms with van der Waals surface area (Å²) in [6.07, 6.45) is 4.69. The van der Waals surface area contributed by atoms with Crippen LogP contribution in [0, 0.1) is 17.2 Å². The predicted molar refractivity (Wildman–Crippen MR) is 82.6 cm³/mol. The number of rotatable bonds is 5. The molecule has 1 fully saturated rings. The first-order chi connectivity index (χ1) is 10.0. The highest BCUT2D eigenvalue weighted by atomic mass is 32.2. The number of sulfone groups is 1. The number of nitrogens with zero attached hydrogens (tertiary/aromatic N) is 1. The summed E-state index contributed by atoms with van der Waals surface area (Å²) in [5.41, 5.74) is 0.380. The maximum atomic E-state index is 12.2. The van der Waals surface area contributed by atoms with Crippen molar-refractivity contribution in [2.75, 3.05) is 12.3 Å². The Kier molecular flexibility index (Phi) is 5.38. The molecule has 5 heteroatoms. The summed E-state index contributed by atoms with van der Waals surface area (Å²) in [4.78, 5) is 0.237. The summed E-state index contributed by atoms with van der Waals surface area (Å²) in [6, 6.07) is 8.64. The van der Waals surface area contributed by atoms with Crippen LogP contribution in [0.3, 0.4) is 0 Å².